The molecule has 3 heterocycles. The number of hydrogen-bond acceptors (Lipinski definition) is 5. The lowest BCUT2D eigenvalue weighted by molar-refractivity contribution is -0.474. The first-order valence-corrected chi connectivity index (χ1v) is 11.7. The van der Waals surface area contributed by atoms with Gasteiger partial charge in [0.25, 0.3) is 0 Å². The predicted octanol–water partition coefficient (Wildman–Crippen LogP) is 3.65. The van der Waals surface area contributed by atoms with Crippen LogP contribution in [-0.4, -0.2) is 49.7 Å². The summed E-state index contributed by atoms with van der Waals surface area (Å²) in [6.45, 7) is 7.40. The van der Waals surface area contributed by atoms with Crippen LogP contribution in [-0.2, 0) is 23.7 Å². The summed E-state index contributed by atoms with van der Waals surface area (Å²) in [6, 6.07) is 0. The van der Waals surface area contributed by atoms with Crippen LogP contribution in [0.5, 0.6) is 0 Å². The van der Waals surface area contributed by atoms with Gasteiger partial charge in [0.2, 0.25) is 11.6 Å². The topological polar surface area (TPSA) is 49.5 Å². The minimum Gasteiger partial charge on any atom is -0.365 e. The molecule has 7 aliphatic rings. The zero-order chi connectivity index (χ0) is 18.8. The average Bonchev–Trinajstić information content (AvgIpc) is 3.35. The zero-order valence-electron chi connectivity index (χ0n) is 17.3. The van der Waals surface area contributed by atoms with Crippen LogP contribution in [0.1, 0.15) is 65.2 Å². The van der Waals surface area contributed by atoms with Crippen molar-refractivity contribution in [2.45, 2.75) is 88.5 Å². The molecule has 0 bridgehead atoms. The molecule has 3 saturated heterocycles. The maximum absolute atomic E-state index is 6.55. The normalized spacial score (nSPS) is 64.5. The summed E-state index contributed by atoms with van der Waals surface area (Å²) >= 11 is 0. The summed E-state index contributed by atoms with van der Waals surface area (Å²) in [6.07, 6.45) is 10.3. The molecule has 1 spiro atoms. The monoisotopic (exact) mass is 390 g/mol. The van der Waals surface area contributed by atoms with E-state index in [4.69, 9.17) is 23.7 Å². The quantitative estimate of drug-likeness (QED) is 0.591. The Balaban J connectivity index is 1.32. The molecule has 0 amide bonds. The Kier molecular flexibility index (Phi) is 3.22. The lowest BCUT2D eigenvalue weighted by Gasteiger charge is -2.61. The highest BCUT2D eigenvalue weighted by Gasteiger charge is 2.82. The maximum Gasteiger partial charge on any atom is 0.229 e. The standard InChI is InChI=1S/C23H34O5/c1-19-6-3-4-7-21(19)18(28-21)13-15-16(19)5-8-20(2)17(15)14-22-23(20,26-11-9-24-22)27-12-10-25-22/h15-18H,3-14H2,1-2H3/t15-,16+,17+,18+,19-,20+,21+,22?,23?/m1/s1. The lowest BCUT2D eigenvalue weighted by Crippen LogP contribution is -2.70. The van der Waals surface area contributed by atoms with Crippen molar-refractivity contribution in [1.82, 2.24) is 0 Å². The third-order valence-corrected chi connectivity index (χ3v) is 10.6. The first-order chi connectivity index (χ1) is 13.5. The molecule has 5 heteroatoms. The maximum atomic E-state index is 6.55. The Morgan fingerprint density at radius 3 is 2.25 bits per heavy atom. The Labute approximate surface area is 167 Å². The highest BCUT2D eigenvalue weighted by Crippen LogP contribution is 2.76. The molecule has 7 rings (SSSR count). The SMILES string of the molecule is C[C@]12CC[C@H]3[C@@H](C[C@@H]4O[C@@]45CCCC[C@]35C)[C@@H]1CC13OCCOC12OCCO3. The smallest absolute Gasteiger partial charge is 0.229 e. The van der Waals surface area contributed by atoms with E-state index in [1.165, 1.54) is 38.5 Å². The van der Waals surface area contributed by atoms with Gasteiger partial charge in [-0.1, -0.05) is 26.7 Å². The molecule has 7 atom stereocenters. The lowest BCUT2D eigenvalue weighted by atomic mass is 9.45. The molecular formula is C23H34O5. The second-order valence-corrected chi connectivity index (χ2v) is 11.2. The van der Waals surface area contributed by atoms with Gasteiger partial charge in [-0.05, 0) is 49.9 Å². The van der Waals surface area contributed by atoms with Crippen molar-refractivity contribution in [2.24, 2.45) is 28.6 Å². The van der Waals surface area contributed by atoms with E-state index < -0.39 is 11.6 Å². The van der Waals surface area contributed by atoms with Crippen LogP contribution in [0.2, 0.25) is 0 Å². The second kappa shape index (κ2) is 5.16. The summed E-state index contributed by atoms with van der Waals surface area (Å²) in [4.78, 5) is 0. The molecule has 0 aromatic rings. The van der Waals surface area contributed by atoms with Gasteiger partial charge >= 0.3 is 0 Å². The molecule has 3 aliphatic heterocycles. The fourth-order valence-electron chi connectivity index (χ4n) is 9.40. The number of epoxide rings is 1. The summed E-state index contributed by atoms with van der Waals surface area (Å²) in [7, 11) is 0. The van der Waals surface area contributed by atoms with Gasteiger partial charge in [0.1, 0.15) is 5.60 Å². The van der Waals surface area contributed by atoms with Gasteiger partial charge in [-0.2, -0.15) is 0 Å². The van der Waals surface area contributed by atoms with E-state index in [9.17, 15) is 0 Å². The number of fused-ring (bicyclic) bond motifs is 4. The largest absolute Gasteiger partial charge is 0.365 e. The first kappa shape index (κ1) is 17.5. The van der Waals surface area contributed by atoms with Gasteiger partial charge < -0.3 is 23.7 Å². The first-order valence-electron chi connectivity index (χ1n) is 11.7. The summed E-state index contributed by atoms with van der Waals surface area (Å²) in [5, 5.41) is 0. The van der Waals surface area contributed by atoms with Gasteiger partial charge in [0.15, 0.2) is 0 Å². The highest BCUT2D eigenvalue weighted by atomic mass is 16.8. The van der Waals surface area contributed by atoms with Crippen LogP contribution in [0.15, 0.2) is 0 Å². The molecule has 4 aliphatic carbocycles. The Morgan fingerprint density at radius 1 is 0.750 bits per heavy atom. The van der Waals surface area contributed by atoms with E-state index in [1.807, 2.05) is 0 Å². The van der Waals surface area contributed by atoms with E-state index in [-0.39, 0.29) is 11.0 Å². The zero-order valence-corrected chi connectivity index (χ0v) is 17.3. The van der Waals surface area contributed by atoms with Crippen molar-refractivity contribution in [3.63, 3.8) is 0 Å². The van der Waals surface area contributed by atoms with Crippen molar-refractivity contribution in [3.8, 4) is 0 Å². The summed E-state index contributed by atoms with van der Waals surface area (Å²) < 4.78 is 32.3. The molecule has 0 unspecified atom stereocenters. The minimum atomic E-state index is -0.724. The molecule has 0 N–H and O–H groups in total. The molecule has 5 nitrogen and oxygen atoms in total. The molecule has 156 valence electrons. The van der Waals surface area contributed by atoms with Gasteiger partial charge in [0, 0.05) is 17.3 Å². The van der Waals surface area contributed by atoms with E-state index in [1.54, 1.807) is 0 Å². The van der Waals surface area contributed by atoms with Crippen molar-refractivity contribution in [1.29, 1.82) is 0 Å². The van der Waals surface area contributed by atoms with Crippen molar-refractivity contribution >= 4 is 0 Å². The van der Waals surface area contributed by atoms with Crippen molar-refractivity contribution in [2.75, 3.05) is 26.4 Å². The third kappa shape index (κ3) is 1.66. The van der Waals surface area contributed by atoms with Crippen LogP contribution in [0.25, 0.3) is 0 Å². The van der Waals surface area contributed by atoms with Gasteiger partial charge in [-0.3, -0.25) is 0 Å². The molecule has 28 heavy (non-hydrogen) atoms. The number of rotatable bonds is 0. The van der Waals surface area contributed by atoms with E-state index in [2.05, 4.69) is 13.8 Å². The van der Waals surface area contributed by atoms with Crippen LogP contribution < -0.4 is 0 Å². The molecule has 0 aromatic carbocycles. The van der Waals surface area contributed by atoms with Crippen LogP contribution in [0.3, 0.4) is 0 Å². The van der Waals surface area contributed by atoms with E-state index in [0.717, 1.165) is 18.8 Å². The Hall–Kier alpha value is -0.200. The van der Waals surface area contributed by atoms with Crippen LogP contribution >= 0.6 is 0 Å². The highest BCUT2D eigenvalue weighted by molar-refractivity contribution is 5.26. The van der Waals surface area contributed by atoms with Crippen molar-refractivity contribution < 1.29 is 23.7 Å². The molecule has 0 aromatic heterocycles. The molecule has 7 fully saturated rings. The number of hydrogen-bond donors (Lipinski definition) is 0. The van der Waals surface area contributed by atoms with Gasteiger partial charge in [-0.15, -0.1) is 0 Å². The molecule has 4 saturated carbocycles. The van der Waals surface area contributed by atoms with Crippen molar-refractivity contribution in [3.05, 3.63) is 0 Å². The second-order valence-electron chi connectivity index (χ2n) is 11.2. The van der Waals surface area contributed by atoms with Gasteiger partial charge in [0.05, 0.1) is 32.5 Å². The Morgan fingerprint density at radius 2 is 1.46 bits per heavy atom. The fraction of sp³-hybridized carbons (Fsp3) is 1.00. The van der Waals surface area contributed by atoms with E-state index >= 15 is 0 Å². The molecule has 0 radical (unpaired) electrons. The van der Waals surface area contributed by atoms with Gasteiger partial charge in [-0.25, -0.2) is 0 Å². The predicted molar refractivity (Wildman–Crippen MR) is 100 cm³/mol. The average molecular weight is 391 g/mol. The fourth-order valence-corrected chi connectivity index (χ4v) is 9.40. The molecular weight excluding hydrogens is 356 g/mol. The number of ether oxygens (including phenoxy) is 5. The minimum absolute atomic E-state index is 0.0467. The van der Waals surface area contributed by atoms with Crippen LogP contribution in [0, 0.1) is 28.6 Å². The third-order valence-electron chi connectivity index (χ3n) is 10.6. The summed E-state index contributed by atoms with van der Waals surface area (Å²) in [5.41, 5.74) is 0.502. The Bertz CT molecular complexity index is 697. The summed E-state index contributed by atoms with van der Waals surface area (Å²) in [5.74, 6) is 0.505. The van der Waals surface area contributed by atoms with E-state index in [0.29, 0.717) is 49.8 Å². The van der Waals surface area contributed by atoms with Crippen LogP contribution in [0.4, 0.5) is 0 Å².